The van der Waals surface area contributed by atoms with E-state index in [0.29, 0.717) is 21.4 Å². The van der Waals surface area contributed by atoms with Crippen LogP contribution in [0.25, 0.3) is 0 Å². The van der Waals surface area contributed by atoms with Crippen molar-refractivity contribution >= 4 is 57.5 Å². The van der Waals surface area contributed by atoms with E-state index in [2.05, 4.69) is 4.99 Å². The third kappa shape index (κ3) is 3.80. The Hall–Kier alpha value is -0.680. The van der Waals surface area contributed by atoms with Crippen molar-refractivity contribution in [1.82, 2.24) is 0 Å². The zero-order chi connectivity index (χ0) is 15.5. The van der Waals surface area contributed by atoms with E-state index in [4.69, 9.17) is 23.2 Å². The van der Waals surface area contributed by atoms with E-state index in [1.807, 2.05) is 18.2 Å². The fourth-order valence-corrected chi connectivity index (χ4v) is 4.62. The maximum Gasteiger partial charge on any atom is 0.128 e. The van der Waals surface area contributed by atoms with Gasteiger partial charge in [0.05, 0.1) is 10.7 Å². The molecule has 0 N–H and O–H groups in total. The molecule has 1 heterocycles. The summed E-state index contributed by atoms with van der Waals surface area (Å²) in [7, 11) is 0. The van der Waals surface area contributed by atoms with Crippen molar-refractivity contribution in [3.05, 3.63) is 57.8 Å². The Morgan fingerprint density at radius 1 is 1.23 bits per heavy atom. The van der Waals surface area contributed by atoms with Crippen LogP contribution in [0, 0.1) is 5.82 Å². The summed E-state index contributed by atoms with van der Waals surface area (Å²) in [5.74, 6) is 1.16. The molecule has 1 aliphatic heterocycles. The minimum atomic E-state index is -0.271. The third-order valence-corrected chi connectivity index (χ3v) is 5.90. The lowest BCUT2D eigenvalue weighted by atomic mass is 10.2. The third-order valence-electron chi connectivity index (χ3n) is 3.18. The molecule has 1 nitrogen and oxygen atoms in total. The van der Waals surface area contributed by atoms with Gasteiger partial charge < -0.3 is 0 Å². The second-order valence-electron chi connectivity index (χ2n) is 4.70. The van der Waals surface area contributed by atoms with Crippen LogP contribution in [0.3, 0.4) is 0 Å². The van der Waals surface area contributed by atoms with Crippen molar-refractivity contribution in [3.8, 4) is 0 Å². The lowest BCUT2D eigenvalue weighted by Crippen LogP contribution is -1.96. The van der Waals surface area contributed by atoms with Crippen molar-refractivity contribution in [1.29, 1.82) is 0 Å². The van der Waals surface area contributed by atoms with Crippen LogP contribution in [0.1, 0.15) is 12.0 Å². The Morgan fingerprint density at radius 3 is 2.91 bits per heavy atom. The smallest absolute Gasteiger partial charge is 0.128 e. The molecule has 0 unspecified atom stereocenters. The Morgan fingerprint density at radius 2 is 2.09 bits per heavy atom. The minimum absolute atomic E-state index is 0.271. The van der Waals surface area contributed by atoms with Crippen molar-refractivity contribution in [3.63, 3.8) is 0 Å². The molecule has 1 aliphatic rings. The monoisotopic (exact) mass is 371 g/mol. The molecular weight excluding hydrogens is 360 g/mol. The molecule has 114 valence electrons. The molecule has 0 aliphatic carbocycles. The zero-order valence-electron chi connectivity index (χ0n) is 11.5. The van der Waals surface area contributed by atoms with E-state index >= 15 is 0 Å². The Balaban J connectivity index is 1.80. The van der Waals surface area contributed by atoms with Gasteiger partial charge in [-0.05, 0) is 30.3 Å². The highest BCUT2D eigenvalue weighted by atomic mass is 35.5. The van der Waals surface area contributed by atoms with E-state index in [0.717, 1.165) is 27.8 Å². The van der Waals surface area contributed by atoms with Gasteiger partial charge in [-0.15, -0.1) is 23.5 Å². The predicted molar refractivity (Wildman–Crippen MR) is 96.6 cm³/mol. The average Bonchev–Trinajstić information content (AvgIpc) is 2.68. The fourth-order valence-electron chi connectivity index (χ4n) is 2.07. The number of nitrogens with zero attached hydrogens (tertiary/aromatic N) is 1. The summed E-state index contributed by atoms with van der Waals surface area (Å²) in [6, 6.07) is 10.5. The van der Waals surface area contributed by atoms with Gasteiger partial charge in [-0.25, -0.2) is 9.38 Å². The van der Waals surface area contributed by atoms with Gasteiger partial charge >= 0.3 is 0 Å². The van der Waals surface area contributed by atoms with Crippen LogP contribution < -0.4 is 0 Å². The number of benzene rings is 2. The van der Waals surface area contributed by atoms with Gasteiger partial charge in [0, 0.05) is 38.4 Å². The van der Waals surface area contributed by atoms with Gasteiger partial charge in [0.25, 0.3) is 0 Å². The van der Waals surface area contributed by atoms with E-state index in [1.54, 1.807) is 23.9 Å². The lowest BCUT2D eigenvalue weighted by Gasteiger charge is -2.07. The first-order chi connectivity index (χ1) is 10.6. The van der Waals surface area contributed by atoms with E-state index < -0.39 is 0 Å². The molecule has 0 saturated carbocycles. The van der Waals surface area contributed by atoms with Gasteiger partial charge in [-0.1, -0.05) is 29.3 Å². The van der Waals surface area contributed by atoms with Crippen LogP contribution in [-0.2, 0) is 5.75 Å². The van der Waals surface area contributed by atoms with Crippen LogP contribution in [0.15, 0.2) is 46.3 Å². The molecule has 2 aromatic carbocycles. The molecule has 22 heavy (non-hydrogen) atoms. The molecule has 0 atom stereocenters. The SMILES string of the molecule is Fc1cccc(Cl)c1CSC1=Nc2cc(Cl)ccc2SCC1. The first kappa shape index (κ1) is 16.2. The number of thioether (sulfide) groups is 2. The predicted octanol–water partition coefficient (Wildman–Crippen LogP) is 6.59. The van der Waals surface area contributed by atoms with E-state index in [-0.39, 0.29) is 5.82 Å². The van der Waals surface area contributed by atoms with Crippen LogP contribution in [0.5, 0.6) is 0 Å². The average molecular weight is 372 g/mol. The topological polar surface area (TPSA) is 12.4 Å². The molecule has 0 fully saturated rings. The lowest BCUT2D eigenvalue weighted by molar-refractivity contribution is 0.617. The summed E-state index contributed by atoms with van der Waals surface area (Å²) in [4.78, 5) is 5.81. The summed E-state index contributed by atoms with van der Waals surface area (Å²) in [6.07, 6.45) is 0.855. The minimum Gasteiger partial charge on any atom is -0.245 e. The number of fused-ring (bicyclic) bond motifs is 1. The second kappa shape index (κ2) is 7.26. The van der Waals surface area contributed by atoms with Gasteiger partial charge in [0.1, 0.15) is 5.82 Å². The highest BCUT2D eigenvalue weighted by molar-refractivity contribution is 8.13. The van der Waals surface area contributed by atoms with Crippen molar-refractivity contribution < 1.29 is 4.39 Å². The summed E-state index contributed by atoms with van der Waals surface area (Å²) >= 11 is 15.4. The van der Waals surface area contributed by atoms with Crippen molar-refractivity contribution in [2.45, 2.75) is 17.1 Å². The molecule has 2 aromatic rings. The molecular formula is C16H12Cl2FNS2. The summed E-state index contributed by atoms with van der Waals surface area (Å²) in [5, 5.41) is 2.11. The number of rotatable bonds is 2. The van der Waals surface area contributed by atoms with Crippen molar-refractivity contribution in [2.24, 2.45) is 4.99 Å². The molecule has 0 saturated heterocycles. The molecule has 0 bridgehead atoms. The molecule has 0 amide bonds. The van der Waals surface area contributed by atoms with Crippen LogP contribution in [0.4, 0.5) is 10.1 Å². The number of hydrogen-bond donors (Lipinski definition) is 0. The highest BCUT2D eigenvalue weighted by Crippen LogP contribution is 2.37. The summed E-state index contributed by atoms with van der Waals surface area (Å²) in [5.41, 5.74) is 1.41. The van der Waals surface area contributed by atoms with Crippen LogP contribution in [0.2, 0.25) is 10.0 Å². The molecule has 0 aromatic heterocycles. The first-order valence-corrected chi connectivity index (χ1v) is 9.42. The van der Waals surface area contributed by atoms with E-state index in [1.165, 1.54) is 17.8 Å². The molecule has 6 heteroatoms. The van der Waals surface area contributed by atoms with E-state index in [9.17, 15) is 4.39 Å². The van der Waals surface area contributed by atoms with Gasteiger partial charge in [-0.2, -0.15) is 0 Å². The largest absolute Gasteiger partial charge is 0.245 e. The zero-order valence-corrected chi connectivity index (χ0v) is 14.6. The molecule has 0 radical (unpaired) electrons. The summed E-state index contributed by atoms with van der Waals surface area (Å²) < 4.78 is 13.8. The maximum atomic E-state index is 13.8. The Kier molecular flexibility index (Phi) is 5.34. The molecule has 3 rings (SSSR count). The first-order valence-electron chi connectivity index (χ1n) is 6.69. The molecule has 0 spiro atoms. The van der Waals surface area contributed by atoms with Crippen LogP contribution >= 0.6 is 46.7 Å². The van der Waals surface area contributed by atoms with Crippen molar-refractivity contribution in [2.75, 3.05) is 5.75 Å². The number of aliphatic imine (C=N–C) groups is 1. The standard InChI is InChI=1S/C16H12Cl2FNS2/c17-10-4-5-15-14(8-10)20-16(6-7-21-15)22-9-11-12(18)2-1-3-13(11)19/h1-5,8H,6-7,9H2. The number of hydrogen-bond acceptors (Lipinski definition) is 3. The highest BCUT2D eigenvalue weighted by Gasteiger charge is 2.14. The van der Waals surface area contributed by atoms with Gasteiger partial charge in [0.2, 0.25) is 0 Å². The maximum absolute atomic E-state index is 13.8. The summed E-state index contributed by atoms with van der Waals surface area (Å²) in [6.45, 7) is 0. The number of halogens is 3. The van der Waals surface area contributed by atoms with Gasteiger partial charge in [0.15, 0.2) is 0 Å². The van der Waals surface area contributed by atoms with Gasteiger partial charge in [-0.3, -0.25) is 0 Å². The van der Waals surface area contributed by atoms with Crippen LogP contribution in [-0.4, -0.2) is 10.8 Å². The Bertz CT molecular complexity index is 714. The normalized spacial score (nSPS) is 14.2. The fraction of sp³-hybridized carbons (Fsp3) is 0.188. The second-order valence-corrected chi connectivity index (χ2v) is 7.73. The Labute approximate surface area is 147 Å². The quantitative estimate of drug-likeness (QED) is 0.589.